The Balaban J connectivity index is 2.28. The van der Waals surface area contributed by atoms with Gasteiger partial charge in [0.25, 0.3) is 5.69 Å². The zero-order valence-corrected chi connectivity index (χ0v) is 11.4. The zero-order chi connectivity index (χ0) is 14.9. The molecule has 8 heteroatoms. The number of anilines is 2. The monoisotopic (exact) mass is 277 g/mol. The minimum atomic E-state index is -0.510. The van der Waals surface area contributed by atoms with Crippen molar-refractivity contribution in [2.45, 2.75) is 26.8 Å². The fraction of sp³-hybridized carbons (Fsp3) is 0.333. The first-order valence-corrected chi connectivity index (χ1v) is 5.99. The molecule has 0 aromatic carbocycles. The second-order valence-corrected chi connectivity index (χ2v) is 4.50. The minimum absolute atomic E-state index is 0.0904. The van der Waals surface area contributed by atoms with Gasteiger partial charge in [0.05, 0.1) is 28.8 Å². The Morgan fingerprint density at radius 2 is 2.15 bits per heavy atom. The molecule has 0 aliphatic rings. The fourth-order valence-corrected chi connectivity index (χ4v) is 2.12. The van der Waals surface area contributed by atoms with Gasteiger partial charge in [0, 0.05) is 5.56 Å². The summed E-state index contributed by atoms with van der Waals surface area (Å²) in [6.07, 6.45) is 0. The number of aromatic nitrogens is 2. The molecule has 0 radical (unpaired) electrons. The molecular weight excluding hydrogens is 262 g/mol. The van der Waals surface area contributed by atoms with Crippen molar-refractivity contribution in [3.63, 3.8) is 0 Å². The molecule has 2 heterocycles. The number of nitrogen functional groups attached to an aromatic ring is 1. The Kier molecular flexibility index (Phi) is 3.55. The van der Waals surface area contributed by atoms with Crippen LogP contribution in [-0.2, 0) is 0 Å². The number of nitrogens with zero attached hydrogens (tertiary/aromatic N) is 3. The smallest absolute Gasteiger partial charge is 0.276 e. The third-order valence-corrected chi connectivity index (χ3v) is 2.93. The normalized spacial score (nSPS) is 12.2. The largest absolute Gasteiger partial charge is 0.383 e. The van der Waals surface area contributed by atoms with E-state index in [4.69, 9.17) is 10.3 Å². The van der Waals surface area contributed by atoms with Gasteiger partial charge in [-0.05, 0) is 20.8 Å². The number of nitrogens with two attached hydrogens (primary N) is 1. The Hall–Kier alpha value is -2.64. The molecule has 3 N–H and O–H groups in total. The number of nitrogens with one attached hydrogen (secondary N) is 1. The summed E-state index contributed by atoms with van der Waals surface area (Å²) in [4.78, 5) is 14.3. The standard InChI is InChI=1S/C12H15N5O3/c1-6(12-7(2)16-20-8(12)3)14-11-5-9(17(18)19)4-10(13)15-11/h4-6H,1-3H3,(H3,13,14,15). The van der Waals surface area contributed by atoms with E-state index in [1.807, 2.05) is 20.8 Å². The molecule has 8 nitrogen and oxygen atoms in total. The lowest BCUT2D eigenvalue weighted by Crippen LogP contribution is -2.10. The SMILES string of the molecule is Cc1noc(C)c1C(C)Nc1cc([N+](=O)[O-])cc(N)n1. The topological polar surface area (TPSA) is 120 Å². The van der Waals surface area contributed by atoms with Gasteiger partial charge in [-0.25, -0.2) is 4.98 Å². The molecule has 0 saturated heterocycles. The van der Waals surface area contributed by atoms with Crippen LogP contribution in [0.15, 0.2) is 16.7 Å². The Morgan fingerprint density at radius 3 is 2.70 bits per heavy atom. The van der Waals surface area contributed by atoms with E-state index in [2.05, 4.69) is 15.5 Å². The first-order chi connectivity index (χ1) is 9.38. The first kappa shape index (κ1) is 13.8. The van der Waals surface area contributed by atoms with Gasteiger partial charge in [-0.1, -0.05) is 5.16 Å². The lowest BCUT2D eigenvalue weighted by atomic mass is 10.1. The third-order valence-electron chi connectivity index (χ3n) is 2.93. The summed E-state index contributed by atoms with van der Waals surface area (Å²) in [5, 5.41) is 17.7. The maximum Gasteiger partial charge on any atom is 0.276 e. The number of aryl methyl sites for hydroxylation is 2. The van der Waals surface area contributed by atoms with Gasteiger partial charge in [-0.2, -0.15) is 0 Å². The van der Waals surface area contributed by atoms with Crippen LogP contribution in [0.4, 0.5) is 17.3 Å². The summed E-state index contributed by atoms with van der Waals surface area (Å²) in [6.45, 7) is 5.53. The van der Waals surface area contributed by atoms with Gasteiger partial charge in [0.15, 0.2) is 0 Å². The molecule has 0 spiro atoms. The molecule has 0 aliphatic heterocycles. The molecule has 0 amide bonds. The van der Waals surface area contributed by atoms with Gasteiger partial charge in [-0.3, -0.25) is 10.1 Å². The summed E-state index contributed by atoms with van der Waals surface area (Å²) in [6, 6.07) is 2.40. The second kappa shape index (κ2) is 5.16. The average Bonchev–Trinajstić information content (AvgIpc) is 2.68. The molecule has 1 unspecified atom stereocenters. The molecule has 1 atom stereocenters. The van der Waals surface area contributed by atoms with Crippen molar-refractivity contribution >= 4 is 17.3 Å². The Morgan fingerprint density at radius 1 is 1.45 bits per heavy atom. The first-order valence-electron chi connectivity index (χ1n) is 5.99. The van der Waals surface area contributed by atoms with Crippen molar-refractivity contribution in [1.29, 1.82) is 0 Å². The van der Waals surface area contributed by atoms with Crippen LogP contribution >= 0.6 is 0 Å². The number of hydrogen-bond donors (Lipinski definition) is 2. The van der Waals surface area contributed by atoms with E-state index in [1.54, 1.807) is 0 Å². The van der Waals surface area contributed by atoms with Crippen molar-refractivity contribution in [2.75, 3.05) is 11.1 Å². The summed E-state index contributed by atoms with van der Waals surface area (Å²) in [5.41, 5.74) is 7.12. The summed E-state index contributed by atoms with van der Waals surface area (Å²) in [7, 11) is 0. The number of rotatable bonds is 4. The zero-order valence-electron chi connectivity index (χ0n) is 11.4. The van der Waals surface area contributed by atoms with Gasteiger partial charge < -0.3 is 15.6 Å². The van der Waals surface area contributed by atoms with E-state index in [0.29, 0.717) is 11.6 Å². The van der Waals surface area contributed by atoms with E-state index in [0.717, 1.165) is 11.3 Å². The maximum absolute atomic E-state index is 10.8. The molecule has 2 aromatic heterocycles. The minimum Gasteiger partial charge on any atom is -0.383 e. The fourth-order valence-electron chi connectivity index (χ4n) is 2.12. The van der Waals surface area contributed by atoms with Crippen molar-refractivity contribution in [2.24, 2.45) is 0 Å². The molecule has 2 aromatic rings. The highest BCUT2D eigenvalue weighted by atomic mass is 16.6. The van der Waals surface area contributed by atoms with Crippen molar-refractivity contribution < 1.29 is 9.45 Å². The highest BCUT2D eigenvalue weighted by Crippen LogP contribution is 2.26. The van der Waals surface area contributed by atoms with Crippen molar-refractivity contribution in [1.82, 2.24) is 10.1 Å². The number of hydrogen-bond acceptors (Lipinski definition) is 7. The van der Waals surface area contributed by atoms with Crippen LogP contribution in [0.3, 0.4) is 0 Å². The molecule has 0 aliphatic carbocycles. The molecular formula is C12H15N5O3. The Bertz CT molecular complexity index is 633. The third kappa shape index (κ3) is 2.68. The molecule has 20 heavy (non-hydrogen) atoms. The quantitative estimate of drug-likeness (QED) is 0.649. The van der Waals surface area contributed by atoms with Crippen molar-refractivity contribution in [3.8, 4) is 0 Å². The lowest BCUT2D eigenvalue weighted by molar-refractivity contribution is -0.384. The van der Waals surface area contributed by atoms with Crippen LogP contribution in [0.25, 0.3) is 0 Å². The second-order valence-electron chi connectivity index (χ2n) is 4.50. The van der Waals surface area contributed by atoms with Crippen LogP contribution in [0.2, 0.25) is 0 Å². The summed E-state index contributed by atoms with van der Waals surface area (Å²) in [5.74, 6) is 1.12. The summed E-state index contributed by atoms with van der Waals surface area (Å²) < 4.78 is 5.10. The van der Waals surface area contributed by atoms with E-state index >= 15 is 0 Å². The predicted octanol–water partition coefficient (Wildman–Crippen LogP) is 2.35. The van der Waals surface area contributed by atoms with Crippen LogP contribution in [-0.4, -0.2) is 15.1 Å². The van der Waals surface area contributed by atoms with Gasteiger partial charge >= 0.3 is 0 Å². The molecule has 2 rings (SSSR count). The summed E-state index contributed by atoms with van der Waals surface area (Å²) >= 11 is 0. The van der Waals surface area contributed by atoms with E-state index in [-0.39, 0.29) is 17.5 Å². The van der Waals surface area contributed by atoms with Gasteiger partial charge in [0.2, 0.25) is 0 Å². The van der Waals surface area contributed by atoms with Crippen LogP contribution < -0.4 is 11.1 Å². The van der Waals surface area contributed by atoms with Crippen molar-refractivity contribution in [3.05, 3.63) is 39.3 Å². The van der Waals surface area contributed by atoms with E-state index in [1.165, 1.54) is 12.1 Å². The predicted molar refractivity (Wildman–Crippen MR) is 73.3 cm³/mol. The lowest BCUT2D eigenvalue weighted by Gasteiger charge is -2.14. The molecule has 106 valence electrons. The van der Waals surface area contributed by atoms with Crippen LogP contribution in [0, 0.1) is 24.0 Å². The van der Waals surface area contributed by atoms with E-state index < -0.39 is 4.92 Å². The number of nitro groups is 1. The molecule has 0 saturated carbocycles. The Labute approximate surface area is 115 Å². The highest BCUT2D eigenvalue weighted by molar-refractivity contribution is 5.53. The molecule has 0 fully saturated rings. The highest BCUT2D eigenvalue weighted by Gasteiger charge is 2.18. The molecule has 0 bridgehead atoms. The average molecular weight is 277 g/mol. The van der Waals surface area contributed by atoms with E-state index in [9.17, 15) is 10.1 Å². The van der Waals surface area contributed by atoms with Gasteiger partial charge in [0.1, 0.15) is 17.4 Å². The maximum atomic E-state index is 10.8. The van der Waals surface area contributed by atoms with Crippen LogP contribution in [0.1, 0.15) is 30.0 Å². The van der Waals surface area contributed by atoms with Gasteiger partial charge in [-0.15, -0.1) is 0 Å². The number of pyridine rings is 1. The van der Waals surface area contributed by atoms with Crippen LogP contribution in [0.5, 0.6) is 0 Å².